The molecule has 0 spiro atoms. The van der Waals surface area contributed by atoms with Crippen molar-refractivity contribution in [3.63, 3.8) is 0 Å². The Kier molecular flexibility index (Phi) is 7.73. The van der Waals surface area contributed by atoms with Crippen LogP contribution in [0.25, 0.3) is 11.4 Å². The van der Waals surface area contributed by atoms with Crippen molar-refractivity contribution < 1.29 is 14.3 Å². The first-order valence-corrected chi connectivity index (χ1v) is 13.2. The normalized spacial score (nSPS) is 16.4. The quantitative estimate of drug-likeness (QED) is 0.438. The van der Waals surface area contributed by atoms with Gasteiger partial charge in [-0.3, -0.25) is 4.79 Å². The van der Waals surface area contributed by atoms with Crippen molar-refractivity contribution >= 4 is 11.7 Å². The molecule has 1 unspecified atom stereocenters. The molecule has 8 heteroatoms. The van der Waals surface area contributed by atoms with Crippen LogP contribution in [0.2, 0.25) is 0 Å². The highest BCUT2D eigenvalue weighted by Crippen LogP contribution is 2.31. The van der Waals surface area contributed by atoms with Crippen molar-refractivity contribution in [2.24, 2.45) is 11.8 Å². The predicted octanol–water partition coefficient (Wildman–Crippen LogP) is 4.85. The fraction of sp³-hybridized carbons (Fsp3) is 0.400. The lowest BCUT2D eigenvalue weighted by Gasteiger charge is -2.35. The summed E-state index contributed by atoms with van der Waals surface area (Å²) >= 11 is 0. The third kappa shape index (κ3) is 6.23. The van der Waals surface area contributed by atoms with Gasteiger partial charge in [-0.15, -0.1) is 0 Å². The first-order chi connectivity index (χ1) is 18.5. The summed E-state index contributed by atoms with van der Waals surface area (Å²) in [5, 5.41) is 12.4. The molecule has 3 aromatic rings. The molecule has 1 amide bonds. The number of methoxy groups -OCH3 is 1. The lowest BCUT2D eigenvalue weighted by molar-refractivity contribution is 0.0921. The number of nitrogens with one attached hydrogen (secondary N) is 1. The lowest BCUT2D eigenvalue weighted by Crippen LogP contribution is -2.44. The minimum absolute atomic E-state index is 0.0290. The van der Waals surface area contributed by atoms with Gasteiger partial charge in [0.2, 0.25) is 0 Å². The van der Waals surface area contributed by atoms with Crippen LogP contribution in [0.3, 0.4) is 0 Å². The van der Waals surface area contributed by atoms with Gasteiger partial charge < -0.3 is 19.7 Å². The van der Waals surface area contributed by atoms with Crippen molar-refractivity contribution in [2.45, 2.75) is 38.6 Å². The molecule has 2 heterocycles. The number of hydrogen-bond acceptors (Lipinski definition) is 7. The lowest BCUT2D eigenvalue weighted by atomic mass is 9.90. The van der Waals surface area contributed by atoms with Crippen LogP contribution in [-0.2, 0) is 0 Å². The molecule has 1 saturated heterocycles. The number of ether oxygens (including phenoxy) is 2. The van der Waals surface area contributed by atoms with Gasteiger partial charge in [-0.2, -0.15) is 5.26 Å². The summed E-state index contributed by atoms with van der Waals surface area (Å²) in [4.78, 5) is 24.5. The van der Waals surface area contributed by atoms with E-state index in [0.29, 0.717) is 46.9 Å². The number of amides is 1. The molecular weight excluding hydrogens is 478 g/mol. The largest absolute Gasteiger partial charge is 0.497 e. The van der Waals surface area contributed by atoms with E-state index in [1.165, 1.54) is 12.8 Å². The fourth-order valence-corrected chi connectivity index (χ4v) is 4.83. The number of nitriles is 1. The number of anilines is 1. The highest BCUT2D eigenvalue weighted by Gasteiger charge is 2.27. The maximum atomic E-state index is 13.1. The Morgan fingerprint density at radius 1 is 1.13 bits per heavy atom. The monoisotopic (exact) mass is 511 g/mol. The number of benzene rings is 2. The number of hydrogen-bond donors (Lipinski definition) is 1. The van der Waals surface area contributed by atoms with Gasteiger partial charge in [0, 0.05) is 42.5 Å². The molecule has 8 nitrogen and oxygen atoms in total. The van der Waals surface area contributed by atoms with E-state index in [0.717, 1.165) is 37.3 Å². The summed E-state index contributed by atoms with van der Waals surface area (Å²) in [6.07, 6.45) is 6.07. The second kappa shape index (κ2) is 11.5. The molecular formula is C30H33N5O3. The molecule has 0 radical (unpaired) electrons. The number of piperidine rings is 1. The predicted molar refractivity (Wildman–Crippen MR) is 145 cm³/mol. The van der Waals surface area contributed by atoms with Crippen molar-refractivity contribution in [2.75, 3.05) is 31.7 Å². The second-order valence-corrected chi connectivity index (χ2v) is 10.2. The maximum absolute atomic E-state index is 13.1. The molecule has 1 saturated carbocycles. The Morgan fingerprint density at radius 2 is 1.92 bits per heavy atom. The van der Waals surface area contributed by atoms with E-state index in [1.54, 1.807) is 37.6 Å². The standard InChI is InChI=1S/C30H33N5O3/c1-20(33-30(36)25-15-26(37-2)17-27(16-25)38-19-21-6-7-21)23-9-12-35(13-10-23)28-8-11-32-29(34-28)24-5-3-4-22(14-24)18-31/h3-5,8,11,14-17,20-21,23H,6-7,9-10,12-13,19H2,1-2H3,(H,33,36). The first kappa shape index (κ1) is 25.5. The van der Waals surface area contributed by atoms with Gasteiger partial charge in [0.05, 0.1) is 25.3 Å². The zero-order valence-corrected chi connectivity index (χ0v) is 21.9. The van der Waals surface area contributed by atoms with Crippen LogP contribution < -0.4 is 19.7 Å². The summed E-state index contributed by atoms with van der Waals surface area (Å²) in [6.45, 7) is 4.45. The summed E-state index contributed by atoms with van der Waals surface area (Å²) in [5.74, 6) is 3.66. The van der Waals surface area contributed by atoms with Gasteiger partial charge in [0.1, 0.15) is 17.3 Å². The molecule has 1 N–H and O–H groups in total. The molecule has 1 aromatic heterocycles. The molecule has 1 atom stereocenters. The fourth-order valence-electron chi connectivity index (χ4n) is 4.83. The van der Waals surface area contributed by atoms with E-state index >= 15 is 0 Å². The van der Waals surface area contributed by atoms with E-state index in [2.05, 4.69) is 28.2 Å². The van der Waals surface area contributed by atoms with Crippen molar-refractivity contribution in [1.82, 2.24) is 15.3 Å². The first-order valence-electron chi connectivity index (χ1n) is 13.2. The second-order valence-electron chi connectivity index (χ2n) is 10.2. The highest BCUT2D eigenvalue weighted by atomic mass is 16.5. The van der Waals surface area contributed by atoms with Gasteiger partial charge in [0.15, 0.2) is 5.82 Å². The number of nitrogens with zero attached hydrogens (tertiary/aromatic N) is 4. The summed E-state index contributed by atoms with van der Waals surface area (Å²) in [6, 6.07) is 16.9. The molecule has 1 aliphatic carbocycles. The van der Waals surface area contributed by atoms with Gasteiger partial charge >= 0.3 is 0 Å². The maximum Gasteiger partial charge on any atom is 0.251 e. The third-order valence-corrected chi connectivity index (χ3v) is 7.38. The minimum Gasteiger partial charge on any atom is -0.497 e. The number of aromatic nitrogens is 2. The van der Waals surface area contributed by atoms with Crippen LogP contribution in [0.4, 0.5) is 5.82 Å². The van der Waals surface area contributed by atoms with E-state index in [1.807, 2.05) is 24.3 Å². The van der Waals surface area contributed by atoms with Gasteiger partial charge in [-0.05, 0) is 74.8 Å². The zero-order valence-electron chi connectivity index (χ0n) is 21.9. The average molecular weight is 512 g/mol. The molecule has 5 rings (SSSR count). The Morgan fingerprint density at radius 3 is 2.66 bits per heavy atom. The summed E-state index contributed by atoms with van der Waals surface area (Å²) < 4.78 is 11.3. The Labute approximate surface area is 223 Å². The third-order valence-electron chi connectivity index (χ3n) is 7.38. The van der Waals surface area contributed by atoms with Crippen LogP contribution in [-0.4, -0.2) is 48.7 Å². The van der Waals surface area contributed by atoms with Crippen molar-refractivity contribution in [1.29, 1.82) is 5.26 Å². The van der Waals surface area contributed by atoms with Crippen molar-refractivity contribution in [3.05, 3.63) is 65.9 Å². The van der Waals surface area contributed by atoms with E-state index in [9.17, 15) is 10.1 Å². The zero-order chi connectivity index (χ0) is 26.5. The Balaban J connectivity index is 1.18. The van der Waals surface area contributed by atoms with E-state index in [4.69, 9.17) is 14.5 Å². The van der Waals surface area contributed by atoms with Crippen LogP contribution in [0, 0.1) is 23.2 Å². The molecule has 2 aliphatic rings. The van der Waals surface area contributed by atoms with Crippen molar-refractivity contribution in [3.8, 4) is 29.0 Å². The van der Waals surface area contributed by atoms with Gasteiger partial charge in [0.25, 0.3) is 5.91 Å². The van der Waals surface area contributed by atoms with Crippen LogP contribution in [0.5, 0.6) is 11.5 Å². The summed E-state index contributed by atoms with van der Waals surface area (Å²) in [5.41, 5.74) is 1.97. The summed E-state index contributed by atoms with van der Waals surface area (Å²) in [7, 11) is 1.60. The molecule has 0 bridgehead atoms. The Hall–Kier alpha value is -4.12. The van der Waals surface area contributed by atoms with Crippen LogP contribution in [0.1, 0.15) is 48.5 Å². The van der Waals surface area contributed by atoms with Gasteiger partial charge in [-0.25, -0.2) is 9.97 Å². The minimum atomic E-state index is -0.116. The number of carbonyl (C=O) groups is 1. The smallest absolute Gasteiger partial charge is 0.251 e. The SMILES string of the molecule is COc1cc(OCC2CC2)cc(C(=O)NC(C)C2CCN(c3ccnc(-c4cccc(C#N)c4)n3)CC2)c1. The Bertz CT molecular complexity index is 1330. The molecule has 38 heavy (non-hydrogen) atoms. The van der Waals surface area contributed by atoms with Crippen LogP contribution in [0.15, 0.2) is 54.7 Å². The van der Waals surface area contributed by atoms with Gasteiger partial charge in [-0.1, -0.05) is 12.1 Å². The number of carbonyl (C=O) groups excluding carboxylic acids is 1. The molecule has 2 aromatic carbocycles. The van der Waals surface area contributed by atoms with Crippen LogP contribution >= 0.6 is 0 Å². The molecule has 196 valence electrons. The van der Waals surface area contributed by atoms with E-state index < -0.39 is 0 Å². The highest BCUT2D eigenvalue weighted by molar-refractivity contribution is 5.95. The van der Waals surface area contributed by atoms with E-state index in [-0.39, 0.29) is 11.9 Å². The molecule has 1 aliphatic heterocycles. The average Bonchev–Trinajstić information content (AvgIpc) is 3.81. The number of rotatable bonds is 9. The molecule has 2 fully saturated rings. The topological polar surface area (TPSA) is 100 Å².